The molecule has 2 fully saturated rings. The van der Waals surface area contributed by atoms with Crippen molar-refractivity contribution in [2.45, 2.75) is 63.5 Å². The second-order valence-corrected chi connectivity index (χ2v) is 5.63. The van der Waals surface area contributed by atoms with Crippen LogP contribution in [0.4, 0.5) is 0 Å². The molecule has 2 aliphatic rings. The van der Waals surface area contributed by atoms with E-state index in [1.807, 2.05) is 0 Å². The van der Waals surface area contributed by atoms with Crippen molar-refractivity contribution in [2.24, 2.45) is 0 Å². The van der Waals surface area contributed by atoms with Crippen molar-refractivity contribution in [1.82, 2.24) is 10.2 Å². The van der Waals surface area contributed by atoms with Crippen molar-refractivity contribution in [3.05, 3.63) is 12.7 Å². The van der Waals surface area contributed by atoms with Crippen LogP contribution in [0, 0.1) is 0 Å². The Morgan fingerprint density at radius 1 is 1.18 bits per heavy atom. The van der Waals surface area contributed by atoms with E-state index in [4.69, 9.17) is 0 Å². The molecule has 2 heteroatoms. The van der Waals surface area contributed by atoms with Gasteiger partial charge in [-0.25, -0.2) is 0 Å². The molecule has 98 valence electrons. The maximum absolute atomic E-state index is 4.07. The highest BCUT2D eigenvalue weighted by atomic mass is 15.2. The fraction of sp³-hybridized carbons (Fsp3) is 0.867. The summed E-state index contributed by atoms with van der Waals surface area (Å²) >= 11 is 0. The largest absolute Gasteiger partial charge is 0.309 e. The molecule has 17 heavy (non-hydrogen) atoms. The fourth-order valence-corrected chi connectivity index (χ4v) is 3.86. The Labute approximate surface area is 106 Å². The molecular formula is C15H28N2. The molecule has 1 N–H and O–H groups in total. The third-order valence-electron chi connectivity index (χ3n) is 4.69. The molecule has 0 aromatic carbocycles. The molecule has 1 heterocycles. The molecule has 1 aliphatic carbocycles. The van der Waals surface area contributed by atoms with Crippen LogP contribution in [0.25, 0.3) is 0 Å². The maximum atomic E-state index is 4.07. The van der Waals surface area contributed by atoms with Crippen LogP contribution >= 0.6 is 0 Å². The average molecular weight is 236 g/mol. The molecule has 0 amide bonds. The van der Waals surface area contributed by atoms with E-state index in [9.17, 15) is 0 Å². The van der Waals surface area contributed by atoms with Crippen molar-refractivity contribution in [3.8, 4) is 0 Å². The lowest BCUT2D eigenvalue weighted by Gasteiger charge is -2.48. The molecule has 0 aromatic rings. The van der Waals surface area contributed by atoms with E-state index >= 15 is 0 Å². The summed E-state index contributed by atoms with van der Waals surface area (Å²) in [5, 5.41) is 3.65. The first kappa shape index (κ1) is 13.1. The SMILES string of the molecule is C=CC(NCC)C1(N2CCCCC2)CCCC1. The Bertz CT molecular complexity index is 237. The summed E-state index contributed by atoms with van der Waals surface area (Å²) < 4.78 is 0. The topological polar surface area (TPSA) is 15.3 Å². The molecule has 1 saturated carbocycles. The second-order valence-electron chi connectivity index (χ2n) is 5.63. The summed E-state index contributed by atoms with van der Waals surface area (Å²) in [7, 11) is 0. The van der Waals surface area contributed by atoms with Crippen LogP contribution in [0.15, 0.2) is 12.7 Å². The Morgan fingerprint density at radius 3 is 2.35 bits per heavy atom. The number of likely N-dealkylation sites (tertiary alicyclic amines) is 1. The van der Waals surface area contributed by atoms with Gasteiger partial charge in [0, 0.05) is 11.6 Å². The van der Waals surface area contributed by atoms with E-state index < -0.39 is 0 Å². The lowest BCUT2D eigenvalue weighted by Crippen LogP contribution is -2.60. The van der Waals surface area contributed by atoms with Crippen molar-refractivity contribution >= 4 is 0 Å². The summed E-state index contributed by atoms with van der Waals surface area (Å²) in [6.07, 6.45) is 11.9. The summed E-state index contributed by atoms with van der Waals surface area (Å²) in [6.45, 7) is 9.93. The van der Waals surface area contributed by atoms with Crippen LogP contribution in [0.2, 0.25) is 0 Å². The van der Waals surface area contributed by atoms with Gasteiger partial charge in [0.05, 0.1) is 0 Å². The fourth-order valence-electron chi connectivity index (χ4n) is 3.86. The zero-order valence-corrected chi connectivity index (χ0v) is 11.4. The summed E-state index contributed by atoms with van der Waals surface area (Å²) in [4.78, 5) is 2.78. The van der Waals surface area contributed by atoms with Gasteiger partial charge in [0.2, 0.25) is 0 Å². The van der Waals surface area contributed by atoms with Gasteiger partial charge in [0.25, 0.3) is 0 Å². The average Bonchev–Trinajstić information content (AvgIpc) is 2.87. The van der Waals surface area contributed by atoms with E-state index in [2.05, 4.69) is 29.8 Å². The van der Waals surface area contributed by atoms with Crippen LogP contribution in [-0.2, 0) is 0 Å². The van der Waals surface area contributed by atoms with Gasteiger partial charge in [-0.05, 0) is 45.3 Å². The Kier molecular flexibility index (Phi) is 4.63. The van der Waals surface area contributed by atoms with Gasteiger partial charge >= 0.3 is 0 Å². The second kappa shape index (κ2) is 6.01. The van der Waals surface area contributed by atoms with Crippen LogP contribution in [0.5, 0.6) is 0 Å². The number of nitrogens with one attached hydrogen (secondary N) is 1. The van der Waals surface area contributed by atoms with Crippen LogP contribution in [0.1, 0.15) is 51.9 Å². The minimum absolute atomic E-state index is 0.387. The number of nitrogens with zero attached hydrogens (tertiary/aromatic N) is 1. The quantitative estimate of drug-likeness (QED) is 0.738. The lowest BCUT2D eigenvalue weighted by molar-refractivity contribution is 0.0506. The van der Waals surface area contributed by atoms with Gasteiger partial charge in [-0.15, -0.1) is 6.58 Å². The van der Waals surface area contributed by atoms with E-state index in [0.717, 1.165) is 6.54 Å². The van der Waals surface area contributed by atoms with E-state index in [1.54, 1.807) is 0 Å². The molecule has 2 nitrogen and oxygen atoms in total. The first-order chi connectivity index (χ1) is 8.33. The first-order valence-corrected chi connectivity index (χ1v) is 7.44. The lowest BCUT2D eigenvalue weighted by atomic mass is 9.84. The normalized spacial score (nSPS) is 26.9. The summed E-state index contributed by atoms with van der Waals surface area (Å²) in [5.74, 6) is 0. The Balaban J connectivity index is 2.14. The van der Waals surface area contributed by atoms with Crippen molar-refractivity contribution in [2.75, 3.05) is 19.6 Å². The minimum Gasteiger partial charge on any atom is -0.309 e. The number of hydrogen-bond acceptors (Lipinski definition) is 2. The summed E-state index contributed by atoms with van der Waals surface area (Å²) in [5.41, 5.74) is 0.387. The predicted molar refractivity (Wildman–Crippen MR) is 74.3 cm³/mol. The number of likely N-dealkylation sites (N-methyl/N-ethyl adjacent to an activating group) is 1. The molecule has 0 spiro atoms. The minimum atomic E-state index is 0.387. The zero-order chi connectivity index (χ0) is 12.1. The molecule has 1 unspecified atom stereocenters. The smallest absolute Gasteiger partial charge is 0.0434 e. The standard InChI is InChI=1S/C15H28N2/c1-3-14(16-4-2)15(10-6-7-11-15)17-12-8-5-9-13-17/h3,14,16H,1,4-13H2,2H3. The van der Waals surface area contributed by atoms with Crippen LogP contribution in [0.3, 0.4) is 0 Å². The van der Waals surface area contributed by atoms with Crippen LogP contribution in [-0.4, -0.2) is 36.1 Å². The molecular weight excluding hydrogens is 208 g/mol. The number of rotatable bonds is 5. The monoisotopic (exact) mass is 236 g/mol. The van der Waals surface area contributed by atoms with Gasteiger partial charge in [-0.2, -0.15) is 0 Å². The zero-order valence-electron chi connectivity index (χ0n) is 11.4. The van der Waals surface area contributed by atoms with Gasteiger partial charge < -0.3 is 5.32 Å². The predicted octanol–water partition coefficient (Wildman–Crippen LogP) is 2.95. The van der Waals surface area contributed by atoms with Gasteiger partial charge in [-0.1, -0.05) is 32.3 Å². The van der Waals surface area contributed by atoms with E-state index in [0.29, 0.717) is 11.6 Å². The van der Waals surface area contributed by atoms with Crippen molar-refractivity contribution in [3.63, 3.8) is 0 Å². The highest BCUT2D eigenvalue weighted by Crippen LogP contribution is 2.40. The molecule has 1 saturated heterocycles. The molecule has 0 aromatic heterocycles. The highest BCUT2D eigenvalue weighted by Gasteiger charge is 2.44. The number of piperidine rings is 1. The third-order valence-corrected chi connectivity index (χ3v) is 4.69. The molecule has 1 aliphatic heterocycles. The first-order valence-electron chi connectivity index (χ1n) is 7.44. The van der Waals surface area contributed by atoms with E-state index in [-0.39, 0.29) is 0 Å². The summed E-state index contributed by atoms with van der Waals surface area (Å²) in [6, 6.07) is 0.480. The van der Waals surface area contributed by atoms with Crippen molar-refractivity contribution < 1.29 is 0 Å². The van der Waals surface area contributed by atoms with Gasteiger partial charge in [-0.3, -0.25) is 4.90 Å². The molecule has 0 bridgehead atoms. The van der Waals surface area contributed by atoms with E-state index in [1.165, 1.54) is 58.0 Å². The van der Waals surface area contributed by atoms with Crippen molar-refractivity contribution in [1.29, 1.82) is 0 Å². The Morgan fingerprint density at radius 2 is 1.82 bits per heavy atom. The number of hydrogen-bond donors (Lipinski definition) is 1. The highest BCUT2D eigenvalue weighted by molar-refractivity contribution is 5.10. The van der Waals surface area contributed by atoms with Gasteiger partial charge in [0.15, 0.2) is 0 Å². The van der Waals surface area contributed by atoms with Crippen LogP contribution < -0.4 is 5.32 Å². The molecule has 2 rings (SSSR count). The van der Waals surface area contributed by atoms with Gasteiger partial charge in [0.1, 0.15) is 0 Å². The maximum Gasteiger partial charge on any atom is 0.0434 e. The Hall–Kier alpha value is -0.340. The molecule has 1 atom stereocenters. The molecule has 0 radical (unpaired) electrons. The third kappa shape index (κ3) is 2.58.